The van der Waals surface area contributed by atoms with Crippen LogP contribution in [0.4, 0.5) is 8.78 Å². The smallest absolute Gasteiger partial charge is 0.270 e. The Kier molecular flexibility index (Phi) is 7.27. The van der Waals surface area contributed by atoms with Gasteiger partial charge in [0, 0.05) is 50.0 Å². The largest absolute Gasteiger partial charge is 0.356 e. The molecule has 202 valence electrons. The van der Waals surface area contributed by atoms with Crippen LogP contribution >= 0.6 is 0 Å². The molecule has 4 heterocycles. The third kappa shape index (κ3) is 5.32. The molecule has 38 heavy (non-hydrogen) atoms. The first-order chi connectivity index (χ1) is 18.3. The monoisotopic (exact) mass is 525 g/mol. The minimum atomic E-state index is -2.69. The fraction of sp³-hybridized carbons (Fsp3) is 0.519. The van der Waals surface area contributed by atoms with Crippen molar-refractivity contribution in [2.24, 2.45) is 11.8 Å². The van der Waals surface area contributed by atoms with Gasteiger partial charge in [0.25, 0.3) is 5.91 Å². The number of imidazole rings is 1. The number of rotatable bonds is 8. The van der Waals surface area contributed by atoms with Gasteiger partial charge in [0.15, 0.2) is 5.65 Å². The van der Waals surface area contributed by atoms with Crippen LogP contribution in [0.3, 0.4) is 0 Å². The average Bonchev–Trinajstić information content (AvgIpc) is 3.55. The summed E-state index contributed by atoms with van der Waals surface area (Å²) in [6.45, 7) is 7.03. The van der Waals surface area contributed by atoms with Crippen molar-refractivity contribution in [3.63, 3.8) is 0 Å². The van der Waals surface area contributed by atoms with Crippen LogP contribution in [0.25, 0.3) is 11.7 Å². The van der Waals surface area contributed by atoms with Gasteiger partial charge in [-0.05, 0) is 50.7 Å². The first kappa shape index (κ1) is 26.0. The van der Waals surface area contributed by atoms with Crippen molar-refractivity contribution in [2.45, 2.75) is 70.4 Å². The highest BCUT2D eigenvalue weighted by Crippen LogP contribution is 2.41. The van der Waals surface area contributed by atoms with Gasteiger partial charge in [0.2, 0.25) is 11.8 Å². The molecule has 2 atom stereocenters. The molecule has 1 saturated carbocycles. The quantitative estimate of drug-likeness (QED) is 0.463. The molecule has 1 aliphatic carbocycles. The first-order valence-electron chi connectivity index (χ1n) is 13.3. The standard InChI is InChI=1S/C27H33F2N7O2/c1-3-17-15-23-32-21(16-36(23)34-20(17)14-19-6-5-12-30-25(19)37)24(18-7-10-27(28,29)11-8-18)33-26(38)22-9-13-31-35(22)4-2/h3,9,13,15-16,18-19,24H,1,4-8,10-12,14H2,2H3,(H,30,37)(H,33,38). The molecule has 3 aromatic heterocycles. The summed E-state index contributed by atoms with van der Waals surface area (Å²) >= 11 is 0. The summed E-state index contributed by atoms with van der Waals surface area (Å²) < 4.78 is 31.2. The van der Waals surface area contributed by atoms with Gasteiger partial charge in [-0.3, -0.25) is 14.3 Å². The predicted molar refractivity (Wildman–Crippen MR) is 138 cm³/mol. The molecule has 0 bridgehead atoms. The van der Waals surface area contributed by atoms with E-state index in [0.717, 1.165) is 24.1 Å². The number of piperidine rings is 1. The van der Waals surface area contributed by atoms with Gasteiger partial charge in [-0.25, -0.2) is 18.3 Å². The molecule has 2 unspecified atom stereocenters. The molecule has 0 aromatic carbocycles. The van der Waals surface area contributed by atoms with Crippen LogP contribution < -0.4 is 10.6 Å². The molecule has 3 aromatic rings. The number of nitrogens with one attached hydrogen (secondary N) is 2. The van der Waals surface area contributed by atoms with Gasteiger partial charge in [0.1, 0.15) is 5.69 Å². The van der Waals surface area contributed by atoms with Crippen molar-refractivity contribution in [2.75, 3.05) is 6.54 Å². The van der Waals surface area contributed by atoms with E-state index in [2.05, 4.69) is 22.3 Å². The van der Waals surface area contributed by atoms with Crippen molar-refractivity contribution >= 4 is 23.5 Å². The van der Waals surface area contributed by atoms with Gasteiger partial charge in [0.05, 0.1) is 23.6 Å². The highest BCUT2D eigenvalue weighted by atomic mass is 19.3. The third-order valence-electron chi connectivity index (χ3n) is 7.73. The van der Waals surface area contributed by atoms with E-state index in [-0.39, 0.29) is 49.3 Å². The van der Waals surface area contributed by atoms with Crippen molar-refractivity contribution in [3.8, 4) is 0 Å². The molecule has 1 aliphatic heterocycles. The van der Waals surface area contributed by atoms with Crippen LogP contribution in [-0.2, 0) is 17.8 Å². The number of halogens is 2. The molecular weight excluding hydrogens is 492 g/mol. The number of fused-ring (bicyclic) bond motifs is 1. The highest BCUT2D eigenvalue weighted by Gasteiger charge is 2.39. The van der Waals surface area contributed by atoms with Crippen LogP contribution in [0.2, 0.25) is 0 Å². The summed E-state index contributed by atoms with van der Waals surface area (Å²) in [7, 11) is 0. The number of amides is 2. The molecular formula is C27H33F2N7O2. The lowest BCUT2D eigenvalue weighted by atomic mass is 9.81. The second-order valence-corrected chi connectivity index (χ2v) is 10.2. The van der Waals surface area contributed by atoms with Crippen LogP contribution in [0.5, 0.6) is 0 Å². The molecule has 0 radical (unpaired) electrons. The summed E-state index contributed by atoms with van der Waals surface area (Å²) in [6.07, 6.45) is 7.31. The van der Waals surface area contributed by atoms with E-state index in [1.807, 2.05) is 13.0 Å². The topological polar surface area (TPSA) is 106 Å². The molecule has 1 saturated heterocycles. The molecule has 2 amide bonds. The Labute approximate surface area is 219 Å². The first-order valence-corrected chi connectivity index (χ1v) is 13.3. The third-order valence-corrected chi connectivity index (χ3v) is 7.73. The van der Waals surface area contributed by atoms with E-state index in [1.165, 1.54) is 0 Å². The SMILES string of the molecule is C=Cc1cc2nc(C(NC(=O)c3ccnn3CC)C3CCC(F)(F)CC3)cn2nc1CC1CCCNC1=O. The summed E-state index contributed by atoms with van der Waals surface area (Å²) in [4.78, 5) is 30.3. The lowest BCUT2D eigenvalue weighted by Gasteiger charge is -2.33. The predicted octanol–water partition coefficient (Wildman–Crippen LogP) is 3.95. The van der Waals surface area contributed by atoms with Gasteiger partial charge < -0.3 is 10.6 Å². The highest BCUT2D eigenvalue weighted by molar-refractivity contribution is 5.92. The van der Waals surface area contributed by atoms with Crippen LogP contribution in [0.1, 0.15) is 78.9 Å². The van der Waals surface area contributed by atoms with Gasteiger partial charge in [-0.2, -0.15) is 10.2 Å². The minimum absolute atomic E-state index is 0.0303. The van der Waals surface area contributed by atoms with E-state index < -0.39 is 12.0 Å². The van der Waals surface area contributed by atoms with E-state index in [9.17, 15) is 18.4 Å². The van der Waals surface area contributed by atoms with Crippen molar-refractivity contribution in [3.05, 3.63) is 53.8 Å². The maximum absolute atomic E-state index is 14.0. The Hall–Kier alpha value is -3.63. The summed E-state index contributed by atoms with van der Waals surface area (Å²) in [5.74, 6) is -3.35. The number of carbonyl (C=O) groups is 2. The second-order valence-electron chi connectivity index (χ2n) is 10.2. The van der Waals surface area contributed by atoms with Gasteiger partial charge in [-0.15, -0.1) is 0 Å². The minimum Gasteiger partial charge on any atom is -0.356 e. The summed E-state index contributed by atoms with van der Waals surface area (Å²) in [5.41, 5.74) is 3.06. The molecule has 0 spiro atoms. The number of alkyl halides is 2. The van der Waals surface area contributed by atoms with E-state index in [4.69, 9.17) is 10.1 Å². The van der Waals surface area contributed by atoms with Crippen molar-refractivity contribution in [1.82, 2.24) is 35.0 Å². The van der Waals surface area contributed by atoms with E-state index >= 15 is 0 Å². The molecule has 9 nitrogen and oxygen atoms in total. The lowest BCUT2D eigenvalue weighted by molar-refractivity contribution is -0.126. The zero-order valence-corrected chi connectivity index (χ0v) is 21.5. The zero-order valence-electron chi connectivity index (χ0n) is 21.5. The number of hydrogen-bond donors (Lipinski definition) is 2. The Morgan fingerprint density at radius 2 is 2.13 bits per heavy atom. The Balaban J connectivity index is 1.47. The van der Waals surface area contributed by atoms with E-state index in [0.29, 0.717) is 36.5 Å². The number of aryl methyl sites for hydroxylation is 1. The van der Waals surface area contributed by atoms with Crippen molar-refractivity contribution in [1.29, 1.82) is 0 Å². The zero-order chi connectivity index (χ0) is 26.9. The summed E-state index contributed by atoms with van der Waals surface area (Å²) in [5, 5.41) is 14.9. The molecule has 11 heteroatoms. The van der Waals surface area contributed by atoms with Crippen LogP contribution in [-0.4, -0.2) is 48.7 Å². The average molecular weight is 526 g/mol. The molecule has 2 aliphatic rings. The molecule has 2 fully saturated rings. The van der Waals surface area contributed by atoms with Crippen LogP contribution in [0.15, 0.2) is 31.1 Å². The number of carbonyl (C=O) groups excluding carboxylic acids is 2. The maximum Gasteiger partial charge on any atom is 0.270 e. The number of aromatic nitrogens is 5. The normalized spacial score (nSPS) is 20.7. The number of hydrogen-bond acceptors (Lipinski definition) is 5. The fourth-order valence-corrected chi connectivity index (χ4v) is 5.56. The lowest BCUT2D eigenvalue weighted by Crippen LogP contribution is -2.38. The maximum atomic E-state index is 14.0. The second kappa shape index (κ2) is 10.6. The fourth-order valence-electron chi connectivity index (χ4n) is 5.56. The molecule has 2 N–H and O–H groups in total. The Morgan fingerprint density at radius 1 is 1.34 bits per heavy atom. The Bertz CT molecular complexity index is 1340. The molecule has 5 rings (SSSR count). The van der Waals surface area contributed by atoms with Crippen LogP contribution in [0, 0.1) is 11.8 Å². The number of nitrogens with zero attached hydrogens (tertiary/aromatic N) is 5. The van der Waals surface area contributed by atoms with E-state index in [1.54, 1.807) is 33.7 Å². The summed E-state index contributed by atoms with van der Waals surface area (Å²) in [6, 6.07) is 2.93. The van der Waals surface area contributed by atoms with Gasteiger partial charge >= 0.3 is 0 Å². The van der Waals surface area contributed by atoms with Gasteiger partial charge in [-0.1, -0.05) is 12.7 Å². The Morgan fingerprint density at radius 3 is 2.84 bits per heavy atom. The van der Waals surface area contributed by atoms with Crippen molar-refractivity contribution < 1.29 is 18.4 Å².